The van der Waals surface area contributed by atoms with Crippen molar-refractivity contribution in [2.75, 3.05) is 6.54 Å². The van der Waals surface area contributed by atoms with Crippen molar-refractivity contribution < 1.29 is 9.53 Å². The third-order valence-corrected chi connectivity index (χ3v) is 5.73. The molecule has 3 aromatic rings. The number of nitrogens with one attached hydrogen (secondary N) is 1. The quantitative estimate of drug-likeness (QED) is 0.464. The molecule has 2 aromatic carbocycles. The number of carbonyl (C=O) groups excluding carboxylic acids is 1. The van der Waals surface area contributed by atoms with E-state index in [1.807, 2.05) is 57.2 Å². The van der Waals surface area contributed by atoms with E-state index in [4.69, 9.17) is 27.9 Å². The second-order valence-electron chi connectivity index (χ2n) is 7.29. The zero-order valence-electron chi connectivity index (χ0n) is 17.3. The van der Waals surface area contributed by atoms with E-state index < -0.39 is 0 Å². The minimum atomic E-state index is -0.0962. The fraction of sp³-hybridized carbons (Fsp3) is 0.304. The van der Waals surface area contributed by atoms with Gasteiger partial charge in [0.15, 0.2) is 0 Å². The highest BCUT2D eigenvalue weighted by atomic mass is 35.5. The van der Waals surface area contributed by atoms with E-state index in [-0.39, 0.29) is 5.91 Å². The summed E-state index contributed by atoms with van der Waals surface area (Å²) in [7, 11) is 0. The van der Waals surface area contributed by atoms with Crippen molar-refractivity contribution in [3.05, 3.63) is 80.6 Å². The number of nitrogens with zero attached hydrogens (tertiary/aromatic N) is 2. The number of aryl methyl sites for hydroxylation is 4. The average molecular weight is 446 g/mol. The Morgan fingerprint density at radius 2 is 1.77 bits per heavy atom. The lowest BCUT2D eigenvalue weighted by atomic mass is 10.1. The summed E-state index contributed by atoms with van der Waals surface area (Å²) < 4.78 is 7.66. The first-order chi connectivity index (χ1) is 14.3. The fourth-order valence-electron chi connectivity index (χ4n) is 3.06. The minimum absolute atomic E-state index is 0.0962. The first-order valence-corrected chi connectivity index (χ1v) is 10.6. The van der Waals surface area contributed by atoms with Gasteiger partial charge in [-0.2, -0.15) is 5.10 Å². The highest BCUT2D eigenvalue weighted by Gasteiger charge is 2.07. The van der Waals surface area contributed by atoms with E-state index in [0.29, 0.717) is 30.3 Å². The van der Waals surface area contributed by atoms with Gasteiger partial charge >= 0.3 is 0 Å². The van der Waals surface area contributed by atoms with Gasteiger partial charge in [0.05, 0.1) is 10.7 Å². The molecule has 30 heavy (non-hydrogen) atoms. The maximum absolute atomic E-state index is 12.3. The highest BCUT2D eigenvalue weighted by Crippen LogP contribution is 2.26. The standard InChI is InChI=1S/C23H25Cl2N3O2/c1-15-11-20(12-16(2)22(15)25)30-14-18-5-7-19(8-6-18)23(29)26-9-4-10-28-13-21(24)17(3)27-28/h5-8,11-13H,4,9-10,14H2,1-3H3,(H,26,29). The summed E-state index contributed by atoms with van der Waals surface area (Å²) in [4.78, 5) is 12.3. The first-order valence-electron chi connectivity index (χ1n) is 9.79. The topological polar surface area (TPSA) is 56.1 Å². The van der Waals surface area contributed by atoms with Gasteiger partial charge < -0.3 is 10.1 Å². The molecule has 0 fully saturated rings. The van der Waals surface area contributed by atoms with Gasteiger partial charge in [-0.15, -0.1) is 0 Å². The maximum Gasteiger partial charge on any atom is 0.251 e. The fourth-order valence-corrected chi connectivity index (χ4v) is 3.32. The molecular weight excluding hydrogens is 421 g/mol. The van der Waals surface area contributed by atoms with Crippen LogP contribution in [-0.4, -0.2) is 22.2 Å². The van der Waals surface area contributed by atoms with Crippen molar-refractivity contribution >= 4 is 29.1 Å². The molecule has 0 unspecified atom stereocenters. The molecule has 0 radical (unpaired) electrons. The Morgan fingerprint density at radius 3 is 2.37 bits per heavy atom. The molecule has 5 nitrogen and oxygen atoms in total. The molecule has 1 N–H and O–H groups in total. The molecule has 3 rings (SSSR count). The number of amides is 1. The van der Waals surface area contributed by atoms with Crippen LogP contribution in [0.1, 0.15) is 39.2 Å². The predicted molar refractivity (Wildman–Crippen MR) is 121 cm³/mol. The summed E-state index contributed by atoms with van der Waals surface area (Å²) in [6, 6.07) is 11.3. The average Bonchev–Trinajstić information content (AvgIpc) is 3.05. The summed E-state index contributed by atoms with van der Waals surface area (Å²) >= 11 is 12.2. The zero-order chi connectivity index (χ0) is 21.7. The van der Waals surface area contributed by atoms with Crippen LogP contribution in [0.3, 0.4) is 0 Å². The number of hydrogen-bond acceptors (Lipinski definition) is 3. The smallest absolute Gasteiger partial charge is 0.251 e. The van der Waals surface area contributed by atoms with Crippen LogP contribution in [0.15, 0.2) is 42.6 Å². The molecule has 0 bridgehead atoms. The van der Waals surface area contributed by atoms with Crippen molar-refractivity contribution in [2.24, 2.45) is 0 Å². The number of carbonyl (C=O) groups is 1. The van der Waals surface area contributed by atoms with E-state index in [1.165, 1.54) is 0 Å². The Kier molecular flexibility index (Phi) is 7.40. The predicted octanol–water partition coefficient (Wildman–Crippen LogP) is 5.51. The van der Waals surface area contributed by atoms with Gasteiger partial charge in [-0.3, -0.25) is 9.48 Å². The van der Waals surface area contributed by atoms with Crippen LogP contribution in [0.2, 0.25) is 10.0 Å². The van der Waals surface area contributed by atoms with Gasteiger partial charge in [-0.05, 0) is 68.1 Å². The molecule has 7 heteroatoms. The van der Waals surface area contributed by atoms with Crippen molar-refractivity contribution in [3.63, 3.8) is 0 Å². The summed E-state index contributed by atoms with van der Waals surface area (Å²) in [5.41, 5.74) is 4.40. The van der Waals surface area contributed by atoms with E-state index in [1.54, 1.807) is 10.9 Å². The maximum atomic E-state index is 12.3. The van der Waals surface area contributed by atoms with Crippen LogP contribution in [-0.2, 0) is 13.2 Å². The molecule has 1 aromatic heterocycles. The van der Waals surface area contributed by atoms with E-state index in [2.05, 4.69) is 10.4 Å². The molecule has 158 valence electrons. The molecule has 1 amide bonds. The molecular formula is C23H25Cl2N3O2. The summed E-state index contributed by atoms with van der Waals surface area (Å²) in [6.45, 7) is 7.48. The van der Waals surface area contributed by atoms with E-state index in [9.17, 15) is 4.79 Å². The minimum Gasteiger partial charge on any atom is -0.489 e. The Hall–Kier alpha value is -2.50. The third-order valence-electron chi connectivity index (χ3n) is 4.77. The largest absolute Gasteiger partial charge is 0.489 e. The highest BCUT2D eigenvalue weighted by molar-refractivity contribution is 6.32. The van der Waals surface area contributed by atoms with Crippen molar-refractivity contribution in [1.29, 1.82) is 0 Å². The Labute approximate surface area is 187 Å². The Morgan fingerprint density at radius 1 is 1.10 bits per heavy atom. The second-order valence-corrected chi connectivity index (χ2v) is 8.08. The van der Waals surface area contributed by atoms with E-state index in [0.717, 1.165) is 39.6 Å². The van der Waals surface area contributed by atoms with Crippen molar-refractivity contribution in [3.8, 4) is 5.75 Å². The number of halogens is 2. The third kappa shape index (κ3) is 5.77. The molecule has 0 saturated heterocycles. The number of benzene rings is 2. The molecule has 0 saturated carbocycles. The van der Waals surface area contributed by atoms with Crippen LogP contribution < -0.4 is 10.1 Å². The lowest BCUT2D eigenvalue weighted by Crippen LogP contribution is -2.25. The summed E-state index contributed by atoms with van der Waals surface area (Å²) in [6.07, 6.45) is 2.57. The lowest BCUT2D eigenvalue weighted by molar-refractivity contribution is 0.0952. The molecule has 0 spiro atoms. The molecule has 0 atom stereocenters. The van der Waals surface area contributed by atoms with E-state index >= 15 is 0 Å². The normalized spacial score (nSPS) is 10.8. The number of hydrogen-bond donors (Lipinski definition) is 1. The van der Waals surface area contributed by atoms with Crippen LogP contribution >= 0.6 is 23.2 Å². The molecule has 0 aliphatic rings. The van der Waals surface area contributed by atoms with Gasteiger partial charge in [-0.25, -0.2) is 0 Å². The molecule has 0 aliphatic carbocycles. The molecule has 1 heterocycles. The first kappa shape index (κ1) is 22.2. The summed E-state index contributed by atoms with van der Waals surface area (Å²) in [5, 5.41) is 8.65. The van der Waals surface area contributed by atoms with Crippen molar-refractivity contribution in [2.45, 2.75) is 40.3 Å². The lowest BCUT2D eigenvalue weighted by Gasteiger charge is -2.11. The number of aromatic nitrogens is 2. The van der Waals surface area contributed by atoms with Crippen molar-refractivity contribution in [1.82, 2.24) is 15.1 Å². The SMILES string of the molecule is Cc1cc(OCc2ccc(C(=O)NCCCn3cc(Cl)c(C)n3)cc2)cc(C)c1Cl. The van der Waals surface area contributed by atoms with Crippen LogP contribution in [0.5, 0.6) is 5.75 Å². The van der Waals surface area contributed by atoms with Gasteiger partial charge in [0.2, 0.25) is 0 Å². The number of rotatable bonds is 8. The van der Waals surface area contributed by atoms with Gasteiger partial charge in [-0.1, -0.05) is 35.3 Å². The molecule has 0 aliphatic heterocycles. The van der Waals surface area contributed by atoms with Gasteiger partial charge in [0.25, 0.3) is 5.91 Å². The number of ether oxygens (including phenoxy) is 1. The monoisotopic (exact) mass is 445 g/mol. The zero-order valence-corrected chi connectivity index (χ0v) is 18.8. The van der Waals surface area contributed by atoms with Crippen LogP contribution in [0, 0.1) is 20.8 Å². The van der Waals surface area contributed by atoms with Crippen LogP contribution in [0.4, 0.5) is 0 Å². The van der Waals surface area contributed by atoms with Gasteiger partial charge in [0, 0.05) is 29.9 Å². The Balaban J connectivity index is 1.45. The second kappa shape index (κ2) is 10.0. The summed E-state index contributed by atoms with van der Waals surface area (Å²) in [5.74, 6) is 0.686. The Bertz CT molecular complexity index is 987. The van der Waals surface area contributed by atoms with Crippen LogP contribution in [0.25, 0.3) is 0 Å². The van der Waals surface area contributed by atoms with Gasteiger partial charge in [0.1, 0.15) is 12.4 Å².